The van der Waals surface area contributed by atoms with Crippen LogP contribution >= 0.6 is 11.8 Å². The molecule has 0 aliphatic rings. The second-order valence-corrected chi connectivity index (χ2v) is 8.62. The smallest absolute Gasteiger partial charge is 0.248 e. The number of carbonyl (C=O) groups is 1. The fraction of sp³-hybridized carbons (Fsp3) is 0.286. The highest BCUT2D eigenvalue weighted by Gasteiger charge is 2.14. The Balaban J connectivity index is 1.57. The molecule has 1 heterocycles. The summed E-state index contributed by atoms with van der Waals surface area (Å²) in [4.78, 5) is 11.1. The van der Waals surface area contributed by atoms with Gasteiger partial charge in [0.25, 0.3) is 0 Å². The van der Waals surface area contributed by atoms with Crippen molar-refractivity contribution in [3.05, 3.63) is 71.0 Å². The number of hydrogen-bond acceptors (Lipinski definition) is 6. The van der Waals surface area contributed by atoms with E-state index in [4.69, 9.17) is 16.3 Å². The molecule has 0 unspecified atom stereocenters. The average molecular weight is 412 g/mol. The van der Waals surface area contributed by atoms with Crippen molar-refractivity contribution in [3.63, 3.8) is 0 Å². The Morgan fingerprint density at radius 1 is 1.07 bits per heavy atom. The molecule has 0 spiro atoms. The van der Waals surface area contributed by atoms with E-state index >= 15 is 0 Å². The molecule has 4 N–H and O–H groups in total. The first-order valence-electron chi connectivity index (χ1n) is 9.18. The number of aromatic nitrogens is 3. The Morgan fingerprint density at radius 2 is 1.72 bits per heavy atom. The summed E-state index contributed by atoms with van der Waals surface area (Å²) >= 11 is 1.45. The van der Waals surface area contributed by atoms with E-state index in [1.807, 2.05) is 24.3 Å². The zero-order valence-corrected chi connectivity index (χ0v) is 17.6. The summed E-state index contributed by atoms with van der Waals surface area (Å²) in [5.41, 5.74) is 8.11. The lowest BCUT2D eigenvalue weighted by Crippen LogP contribution is -2.16. The second kappa shape index (κ2) is 8.57. The van der Waals surface area contributed by atoms with Crippen molar-refractivity contribution in [2.45, 2.75) is 43.7 Å². The van der Waals surface area contributed by atoms with Gasteiger partial charge in [-0.1, -0.05) is 56.8 Å². The molecule has 152 valence electrons. The Hall–Kier alpha value is -3.00. The summed E-state index contributed by atoms with van der Waals surface area (Å²) in [6.45, 7) is 6.74. The predicted octanol–water partition coefficient (Wildman–Crippen LogP) is 3.26. The number of ether oxygens (including phenoxy) is 1. The minimum atomic E-state index is -0.441. The van der Waals surface area contributed by atoms with Gasteiger partial charge in [-0.2, -0.15) is 0 Å². The molecular formula is C21H25N5O2S. The van der Waals surface area contributed by atoms with Crippen LogP contribution in [0.5, 0.6) is 5.75 Å². The van der Waals surface area contributed by atoms with E-state index in [0.717, 1.165) is 11.3 Å². The molecule has 0 fully saturated rings. The van der Waals surface area contributed by atoms with Gasteiger partial charge in [0.1, 0.15) is 12.4 Å². The molecule has 7 nitrogen and oxygen atoms in total. The number of primary amides is 1. The summed E-state index contributed by atoms with van der Waals surface area (Å²) in [5, 5.41) is 8.84. The van der Waals surface area contributed by atoms with Crippen LogP contribution in [0, 0.1) is 0 Å². The Kier molecular flexibility index (Phi) is 6.12. The van der Waals surface area contributed by atoms with Crippen molar-refractivity contribution in [1.29, 1.82) is 0 Å². The maximum Gasteiger partial charge on any atom is 0.248 e. The summed E-state index contributed by atoms with van der Waals surface area (Å²) in [6.07, 6.45) is 0. The van der Waals surface area contributed by atoms with Gasteiger partial charge < -0.3 is 16.3 Å². The summed E-state index contributed by atoms with van der Waals surface area (Å²) in [6, 6.07) is 15.1. The molecule has 0 saturated heterocycles. The van der Waals surface area contributed by atoms with E-state index in [1.165, 1.54) is 22.0 Å². The van der Waals surface area contributed by atoms with E-state index in [0.29, 0.717) is 22.3 Å². The summed E-state index contributed by atoms with van der Waals surface area (Å²) in [5.74, 6) is 7.60. The van der Waals surface area contributed by atoms with Crippen LogP contribution in [-0.2, 0) is 17.8 Å². The van der Waals surface area contributed by atoms with Crippen LogP contribution in [0.2, 0.25) is 0 Å². The highest BCUT2D eigenvalue weighted by atomic mass is 32.2. The lowest BCUT2D eigenvalue weighted by molar-refractivity contribution is 0.100. The number of nitrogens with zero attached hydrogens (tertiary/aromatic N) is 3. The third kappa shape index (κ3) is 5.29. The molecule has 3 rings (SSSR count). The molecule has 1 aromatic heterocycles. The molecular weight excluding hydrogens is 386 g/mol. The Labute approximate surface area is 174 Å². The van der Waals surface area contributed by atoms with Gasteiger partial charge in [0, 0.05) is 11.3 Å². The van der Waals surface area contributed by atoms with Crippen LogP contribution in [-0.4, -0.2) is 20.8 Å². The third-order valence-corrected chi connectivity index (χ3v) is 5.44. The number of hydrogen-bond donors (Lipinski definition) is 2. The van der Waals surface area contributed by atoms with Gasteiger partial charge in [0.15, 0.2) is 5.82 Å². The molecule has 0 atom stereocenters. The van der Waals surface area contributed by atoms with Gasteiger partial charge >= 0.3 is 0 Å². The average Bonchev–Trinajstić information content (AvgIpc) is 3.04. The first-order valence-corrected chi connectivity index (χ1v) is 10.2. The summed E-state index contributed by atoms with van der Waals surface area (Å²) in [7, 11) is 0. The van der Waals surface area contributed by atoms with Crippen LogP contribution in [0.3, 0.4) is 0 Å². The van der Waals surface area contributed by atoms with Gasteiger partial charge in [0.2, 0.25) is 11.1 Å². The van der Waals surface area contributed by atoms with Gasteiger partial charge in [-0.3, -0.25) is 4.79 Å². The monoisotopic (exact) mass is 411 g/mol. The van der Waals surface area contributed by atoms with Crippen molar-refractivity contribution in [2.75, 3.05) is 5.84 Å². The molecule has 2 aromatic carbocycles. The van der Waals surface area contributed by atoms with E-state index in [1.54, 1.807) is 12.1 Å². The van der Waals surface area contributed by atoms with Crippen LogP contribution < -0.4 is 16.3 Å². The van der Waals surface area contributed by atoms with Gasteiger partial charge in [0.05, 0.1) is 0 Å². The molecule has 0 aliphatic carbocycles. The number of amides is 1. The maximum atomic E-state index is 11.1. The molecule has 1 amide bonds. The molecule has 0 radical (unpaired) electrons. The number of nitrogens with two attached hydrogens (primary N) is 2. The standard InChI is InChI=1S/C21H25N5O2S/c1-21(2,3)16-8-10-17(11-9-16)28-12-18-24-25-20(26(18)23)29-13-14-4-6-15(7-5-14)19(22)27/h4-11H,12-13,23H2,1-3H3,(H2,22,27). The number of carbonyl (C=O) groups excluding carboxylic acids is 1. The van der Waals surface area contributed by atoms with Crippen LogP contribution in [0.15, 0.2) is 53.7 Å². The molecule has 8 heteroatoms. The zero-order chi connectivity index (χ0) is 21.0. The molecule has 0 aliphatic heterocycles. The topological polar surface area (TPSA) is 109 Å². The van der Waals surface area contributed by atoms with Crippen LogP contribution in [0.1, 0.15) is 48.1 Å². The zero-order valence-electron chi connectivity index (χ0n) is 16.8. The van der Waals surface area contributed by atoms with E-state index in [9.17, 15) is 4.79 Å². The number of thioether (sulfide) groups is 1. The van der Waals surface area contributed by atoms with Gasteiger partial charge in [-0.05, 0) is 40.8 Å². The first-order chi connectivity index (χ1) is 13.7. The number of rotatable bonds is 7. The fourth-order valence-corrected chi connectivity index (χ4v) is 3.45. The summed E-state index contributed by atoms with van der Waals surface area (Å²) < 4.78 is 7.23. The minimum absolute atomic E-state index is 0.0995. The molecule has 3 aromatic rings. The van der Waals surface area contributed by atoms with Crippen molar-refractivity contribution in [3.8, 4) is 5.75 Å². The number of benzene rings is 2. The Morgan fingerprint density at radius 3 is 2.31 bits per heavy atom. The SMILES string of the molecule is CC(C)(C)c1ccc(OCc2nnc(SCc3ccc(C(N)=O)cc3)n2N)cc1. The lowest BCUT2D eigenvalue weighted by atomic mass is 9.87. The van der Waals surface area contributed by atoms with Crippen LogP contribution in [0.4, 0.5) is 0 Å². The van der Waals surface area contributed by atoms with Crippen molar-refractivity contribution in [2.24, 2.45) is 5.73 Å². The van der Waals surface area contributed by atoms with Gasteiger partial charge in [-0.15, -0.1) is 10.2 Å². The molecule has 0 saturated carbocycles. The second-order valence-electron chi connectivity index (χ2n) is 7.68. The fourth-order valence-electron chi connectivity index (χ4n) is 2.62. The lowest BCUT2D eigenvalue weighted by Gasteiger charge is -2.19. The van der Waals surface area contributed by atoms with Crippen molar-refractivity contribution in [1.82, 2.24) is 14.9 Å². The van der Waals surface area contributed by atoms with E-state index in [2.05, 4.69) is 43.1 Å². The predicted molar refractivity (Wildman–Crippen MR) is 114 cm³/mol. The normalized spacial score (nSPS) is 11.4. The van der Waals surface area contributed by atoms with Crippen molar-refractivity contribution < 1.29 is 9.53 Å². The highest BCUT2D eigenvalue weighted by molar-refractivity contribution is 7.98. The van der Waals surface area contributed by atoms with Crippen LogP contribution in [0.25, 0.3) is 0 Å². The van der Waals surface area contributed by atoms with E-state index < -0.39 is 5.91 Å². The minimum Gasteiger partial charge on any atom is -0.486 e. The number of nitrogen functional groups attached to an aromatic ring is 1. The molecule has 29 heavy (non-hydrogen) atoms. The maximum absolute atomic E-state index is 11.1. The Bertz CT molecular complexity index is 976. The third-order valence-electron chi connectivity index (χ3n) is 4.43. The van der Waals surface area contributed by atoms with Gasteiger partial charge in [-0.25, -0.2) is 4.68 Å². The highest BCUT2D eigenvalue weighted by Crippen LogP contribution is 2.25. The van der Waals surface area contributed by atoms with Crippen molar-refractivity contribution >= 4 is 17.7 Å². The van der Waals surface area contributed by atoms with E-state index in [-0.39, 0.29) is 12.0 Å². The largest absolute Gasteiger partial charge is 0.486 e. The first kappa shape index (κ1) is 20.7. The quantitative estimate of drug-likeness (QED) is 0.456. The molecule has 0 bridgehead atoms.